The van der Waals surface area contributed by atoms with E-state index in [-0.39, 0.29) is 5.41 Å². The SMILES string of the molecule is C=C(C)c1cc2c(cn1)C(C)(C)CN2C(=O)O. The number of rotatable bonds is 1. The number of anilines is 1. The zero-order valence-corrected chi connectivity index (χ0v) is 10.3. The molecule has 0 fully saturated rings. The smallest absolute Gasteiger partial charge is 0.411 e. The van der Waals surface area contributed by atoms with Crippen LogP contribution in [0.3, 0.4) is 0 Å². The molecule has 4 nitrogen and oxygen atoms in total. The minimum absolute atomic E-state index is 0.186. The molecule has 0 aromatic carbocycles. The molecule has 0 radical (unpaired) electrons. The molecule has 2 heterocycles. The number of fused-ring (bicyclic) bond motifs is 1. The van der Waals surface area contributed by atoms with Crippen LogP contribution in [-0.2, 0) is 5.41 Å². The molecular formula is C13H16N2O2. The minimum Gasteiger partial charge on any atom is -0.465 e. The largest absolute Gasteiger partial charge is 0.465 e. The lowest BCUT2D eigenvalue weighted by molar-refractivity contribution is 0.201. The van der Waals surface area contributed by atoms with Crippen molar-refractivity contribution in [3.8, 4) is 0 Å². The Bertz CT molecular complexity index is 506. The Morgan fingerprint density at radius 3 is 2.76 bits per heavy atom. The van der Waals surface area contributed by atoms with E-state index in [0.717, 1.165) is 22.5 Å². The maximum absolute atomic E-state index is 11.2. The predicted octanol–water partition coefficient (Wildman–Crippen LogP) is 2.89. The van der Waals surface area contributed by atoms with Gasteiger partial charge in [-0.15, -0.1) is 0 Å². The average Bonchev–Trinajstić information content (AvgIpc) is 2.50. The molecular weight excluding hydrogens is 216 g/mol. The number of hydrogen-bond donors (Lipinski definition) is 1. The van der Waals surface area contributed by atoms with Crippen molar-refractivity contribution in [2.24, 2.45) is 0 Å². The molecule has 2 rings (SSSR count). The van der Waals surface area contributed by atoms with Gasteiger partial charge in [-0.05, 0) is 18.6 Å². The molecule has 0 saturated heterocycles. The zero-order chi connectivity index (χ0) is 12.8. The van der Waals surface area contributed by atoms with Gasteiger partial charge in [0.15, 0.2) is 0 Å². The zero-order valence-electron chi connectivity index (χ0n) is 10.3. The molecule has 1 N–H and O–H groups in total. The van der Waals surface area contributed by atoms with E-state index in [1.165, 1.54) is 4.90 Å². The van der Waals surface area contributed by atoms with E-state index in [4.69, 9.17) is 0 Å². The monoisotopic (exact) mass is 232 g/mol. The number of pyridine rings is 1. The maximum Gasteiger partial charge on any atom is 0.411 e. The van der Waals surface area contributed by atoms with E-state index in [9.17, 15) is 9.90 Å². The minimum atomic E-state index is -0.921. The van der Waals surface area contributed by atoms with Crippen LogP contribution in [-0.4, -0.2) is 22.7 Å². The van der Waals surface area contributed by atoms with Crippen molar-refractivity contribution in [1.82, 2.24) is 4.98 Å². The molecule has 1 amide bonds. The molecule has 1 aromatic heterocycles. The van der Waals surface area contributed by atoms with E-state index in [0.29, 0.717) is 6.54 Å². The molecule has 0 spiro atoms. The normalized spacial score (nSPS) is 16.8. The number of carboxylic acid groups (broad SMARTS) is 1. The van der Waals surface area contributed by atoms with Crippen LogP contribution in [0.2, 0.25) is 0 Å². The average molecular weight is 232 g/mol. The Morgan fingerprint density at radius 2 is 2.24 bits per heavy atom. The van der Waals surface area contributed by atoms with Gasteiger partial charge in [-0.1, -0.05) is 20.4 Å². The van der Waals surface area contributed by atoms with Crippen molar-refractivity contribution in [2.45, 2.75) is 26.2 Å². The van der Waals surface area contributed by atoms with E-state index in [1.807, 2.05) is 20.8 Å². The van der Waals surface area contributed by atoms with Crippen LogP contribution in [0.1, 0.15) is 32.0 Å². The van der Waals surface area contributed by atoms with Crippen LogP contribution in [0.4, 0.5) is 10.5 Å². The highest BCUT2D eigenvalue weighted by molar-refractivity contribution is 5.90. The molecule has 0 bridgehead atoms. The molecule has 1 aliphatic rings. The molecule has 1 aromatic rings. The topological polar surface area (TPSA) is 53.4 Å². The van der Waals surface area contributed by atoms with Gasteiger partial charge in [0.2, 0.25) is 0 Å². The Hall–Kier alpha value is -1.84. The predicted molar refractivity (Wildman–Crippen MR) is 67.3 cm³/mol. The van der Waals surface area contributed by atoms with Crippen molar-refractivity contribution in [1.29, 1.82) is 0 Å². The van der Waals surface area contributed by atoms with E-state index in [1.54, 1.807) is 12.3 Å². The summed E-state index contributed by atoms with van der Waals surface area (Å²) in [5.41, 5.74) is 3.10. The van der Waals surface area contributed by atoms with Crippen LogP contribution < -0.4 is 4.90 Å². The van der Waals surface area contributed by atoms with Crippen molar-refractivity contribution in [3.05, 3.63) is 30.1 Å². The second-order valence-corrected chi connectivity index (χ2v) is 5.12. The van der Waals surface area contributed by atoms with Crippen LogP contribution in [0.25, 0.3) is 5.57 Å². The van der Waals surface area contributed by atoms with Crippen LogP contribution >= 0.6 is 0 Å². The molecule has 0 unspecified atom stereocenters. The Labute approximate surface area is 101 Å². The fourth-order valence-corrected chi connectivity index (χ4v) is 2.16. The number of carbonyl (C=O) groups is 1. The van der Waals surface area contributed by atoms with Gasteiger partial charge in [0.25, 0.3) is 0 Å². The van der Waals surface area contributed by atoms with Gasteiger partial charge in [-0.3, -0.25) is 9.88 Å². The van der Waals surface area contributed by atoms with Crippen molar-refractivity contribution < 1.29 is 9.90 Å². The van der Waals surface area contributed by atoms with Gasteiger partial charge in [-0.25, -0.2) is 4.79 Å². The molecule has 0 saturated carbocycles. The highest BCUT2D eigenvalue weighted by atomic mass is 16.4. The highest BCUT2D eigenvalue weighted by Gasteiger charge is 2.38. The summed E-state index contributed by atoms with van der Waals surface area (Å²) in [5.74, 6) is 0. The third-order valence-electron chi connectivity index (χ3n) is 3.12. The lowest BCUT2D eigenvalue weighted by atomic mass is 9.88. The van der Waals surface area contributed by atoms with E-state index in [2.05, 4.69) is 11.6 Å². The number of nitrogens with zero attached hydrogens (tertiary/aromatic N) is 2. The molecule has 0 atom stereocenters. The molecule has 1 aliphatic heterocycles. The third kappa shape index (κ3) is 1.79. The first-order valence-corrected chi connectivity index (χ1v) is 5.50. The van der Waals surface area contributed by atoms with E-state index >= 15 is 0 Å². The van der Waals surface area contributed by atoms with Crippen LogP contribution in [0.15, 0.2) is 18.8 Å². The summed E-state index contributed by atoms with van der Waals surface area (Å²) in [6.07, 6.45) is 0.846. The standard InChI is InChI=1S/C13H16N2O2/c1-8(2)10-5-11-9(6-14-10)13(3,4)7-15(11)12(16)17/h5-6H,1,7H2,2-4H3,(H,16,17). The summed E-state index contributed by atoms with van der Waals surface area (Å²) < 4.78 is 0. The van der Waals surface area contributed by atoms with Gasteiger partial charge in [0, 0.05) is 23.7 Å². The number of hydrogen-bond acceptors (Lipinski definition) is 2. The summed E-state index contributed by atoms with van der Waals surface area (Å²) >= 11 is 0. The fraction of sp³-hybridized carbons (Fsp3) is 0.385. The van der Waals surface area contributed by atoms with Crippen LogP contribution in [0, 0.1) is 0 Å². The molecule has 17 heavy (non-hydrogen) atoms. The fourth-order valence-electron chi connectivity index (χ4n) is 2.16. The summed E-state index contributed by atoms with van der Waals surface area (Å²) in [5, 5.41) is 9.20. The summed E-state index contributed by atoms with van der Waals surface area (Å²) in [6, 6.07) is 1.81. The number of allylic oxidation sites excluding steroid dienone is 1. The second kappa shape index (κ2) is 3.58. The van der Waals surface area contributed by atoms with Gasteiger partial charge in [0.1, 0.15) is 0 Å². The quantitative estimate of drug-likeness (QED) is 0.810. The number of amides is 1. The van der Waals surface area contributed by atoms with Crippen molar-refractivity contribution in [2.75, 3.05) is 11.4 Å². The highest BCUT2D eigenvalue weighted by Crippen LogP contribution is 2.40. The Balaban J connectivity index is 2.58. The van der Waals surface area contributed by atoms with Gasteiger partial charge < -0.3 is 5.11 Å². The molecule has 0 aliphatic carbocycles. The summed E-state index contributed by atoms with van der Waals surface area (Å²) in [4.78, 5) is 16.9. The lowest BCUT2D eigenvalue weighted by Gasteiger charge is -2.18. The van der Waals surface area contributed by atoms with Gasteiger partial charge in [0.05, 0.1) is 11.4 Å². The lowest BCUT2D eigenvalue weighted by Crippen LogP contribution is -2.32. The Kier molecular flexibility index (Phi) is 2.45. The van der Waals surface area contributed by atoms with Gasteiger partial charge >= 0.3 is 6.09 Å². The first-order chi connectivity index (χ1) is 7.83. The van der Waals surface area contributed by atoms with E-state index < -0.39 is 6.09 Å². The van der Waals surface area contributed by atoms with Crippen molar-refractivity contribution >= 4 is 17.4 Å². The Morgan fingerprint density at radius 1 is 1.59 bits per heavy atom. The molecule has 90 valence electrons. The first kappa shape index (κ1) is 11.6. The summed E-state index contributed by atoms with van der Waals surface area (Å²) in [6.45, 7) is 10.2. The second-order valence-electron chi connectivity index (χ2n) is 5.12. The molecule has 4 heteroatoms. The summed E-state index contributed by atoms with van der Waals surface area (Å²) in [7, 11) is 0. The third-order valence-corrected chi connectivity index (χ3v) is 3.12. The maximum atomic E-state index is 11.2. The first-order valence-electron chi connectivity index (χ1n) is 5.50. The number of aromatic nitrogens is 1. The van der Waals surface area contributed by atoms with Gasteiger partial charge in [-0.2, -0.15) is 0 Å². The van der Waals surface area contributed by atoms with Crippen molar-refractivity contribution in [3.63, 3.8) is 0 Å². The van der Waals surface area contributed by atoms with Crippen LogP contribution in [0.5, 0.6) is 0 Å².